The Kier molecular flexibility index (Phi) is 5.76. The van der Waals surface area contributed by atoms with E-state index in [1.807, 2.05) is 6.08 Å². The first kappa shape index (κ1) is 18.0. The van der Waals surface area contributed by atoms with Crippen LogP contribution in [0.3, 0.4) is 0 Å². The van der Waals surface area contributed by atoms with Crippen molar-refractivity contribution in [3.05, 3.63) is 41.9 Å². The van der Waals surface area contributed by atoms with Gasteiger partial charge in [-0.25, -0.2) is 0 Å². The summed E-state index contributed by atoms with van der Waals surface area (Å²) in [4.78, 5) is 27.2. The van der Waals surface area contributed by atoms with E-state index < -0.39 is 6.04 Å². The zero-order valence-corrected chi connectivity index (χ0v) is 15.0. The summed E-state index contributed by atoms with van der Waals surface area (Å²) in [7, 11) is 0. The predicted molar refractivity (Wildman–Crippen MR) is 99.6 cm³/mol. The fraction of sp³-hybridized carbons (Fsp3) is 0.474. The number of carbonyl (C=O) groups excluding carboxylic acids is 2. The number of amides is 2. The summed E-state index contributed by atoms with van der Waals surface area (Å²) in [6, 6.07) is 7.02. The van der Waals surface area contributed by atoms with Gasteiger partial charge in [-0.15, -0.1) is 6.58 Å². The van der Waals surface area contributed by atoms with Crippen molar-refractivity contribution in [1.29, 1.82) is 0 Å². The van der Waals surface area contributed by atoms with Crippen molar-refractivity contribution < 1.29 is 9.59 Å². The van der Waals surface area contributed by atoms with Crippen molar-refractivity contribution in [2.24, 2.45) is 0 Å². The Morgan fingerprint density at radius 3 is 2.96 bits per heavy atom. The zero-order chi connectivity index (χ0) is 17.8. The second-order valence-electron chi connectivity index (χ2n) is 6.73. The Morgan fingerprint density at radius 1 is 1.40 bits per heavy atom. The number of carbonyl (C=O) groups is 2. The minimum Gasteiger partial charge on any atom is -0.350 e. The van der Waals surface area contributed by atoms with Crippen LogP contribution in [0, 0.1) is 0 Å². The summed E-state index contributed by atoms with van der Waals surface area (Å²) in [6.07, 6.45) is 6.29. The molecule has 25 heavy (non-hydrogen) atoms. The average molecular weight is 362 g/mol. The first-order chi connectivity index (χ1) is 12.1. The van der Waals surface area contributed by atoms with Crippen LogP contribution in [0.1, 0.15) is 32.1 Å². The molecule has 3 rings (SSSR count). The lowest BCUT2D eigenvalue weighted by molar-refractivity contribution is -0.137. The Labute approximate surface area is 153 Å². The van der Waals surface area contributed by atoms with E-state index >= 15 is 0 Å². The molecule has 134 valence electrons. The van der Waals surface area contributed by atoms with Gasteiger partial charge in [0.05, 0.1) is 12.5 Å². The fourth-order valence-electron chi connectivity index (χ4n) is 3.91. The van der Waals surface area contributed by atoms with Gasteiger partial charge in [-0.1, -0.05) is 36.6 Å². The Hall–Kier alpha value is -1.85. The number of hydrogen-bond donors (Lipinski definition) is 2. The van der Waals surface area contributed by atoms with Crippen molar-refractivity contribution in [3.63, 3.8) is 0 Å². The molecule has 6 heteroatoms. The Bertz CT molecular complexity index is 664. The molecule has 3 atom stereocenters. The Morgan fingerprint density at radius 2 is 2.20 bits per heavy atom. The van der Waals surface area contributed by atoms with Gasteiger partial charge in [0.2, 0.25) is 11.8 Å². The van der Waals surface area contributed by atoms with Crippen LogP contribution in [0.15, 0.2) is 36.9 Å². The molecule has 5 nitrogen and oxygen atoms in total. The average Bonchev–Trinajstić information content (AvgIpc) is 2.58. The fourth-order valence-corrected chi connectivity index (χ4v) is 4.10. The highest BCUT2D eigenvalue weighted by molar-refractivity contribution is 6.30. The van der Waals surface area contributed by atoms with E-state index in [-0.39, 0.29) is 30.3 Å². The van der Waals surface area contributed by atoms with Crippen LogP contribution in [-0.2, 0) is 9.59 Å². The number of rotatable bonds is 5. The standard InChI is InChI=1S/C19H24ClN3O2/c1-2-10-23-16-9-4-3-8-15(16)22-19(25)17(23)12-18(24)21-14-7-5-6-13(20)11-14/h2,5-7,11,15-17H,1,3-4,8-10,12H2,(H,21,24)(H,22,25)/t15-,16+,17+/m0/s1. The number of halogens is 1. The number of nitrogens with zero attached hydrogens (tertiary/aromatic N) is 1. The summed E-state index contributed by atoms with van der Waals surface area (Å²) in [5, 5.41) is 6.51. The van der Waals surface area contributed by atoms with E-state index in [0.29, 0.717) is 17.3 Å². The number of piperazine rings is 1. The number of nitrogens with one attached hydrogen (secondary N) is 2. The maximum Gasteiger partial charge on any atom is 0.238 e. The Balaban J connectivity index is 1.70. The van der Waals surface area contributed by atoms with Gasteiger partial charge in [0.25, 0.3) is 0 Å². The third-order valence-electron chi connectivity index (χ3n) is 5.01. The summed E-state index contributed by atoms with van der Waals surface area (Å²) in [6.45, 7) is 4.43. The van der Waals surface area contributed by atoms with Crippen LogP contribution >= 0.6 is 11.6 Å². The van der Waals surface area contributed by atoms with Gasteiger partial charge in [0.15, 0.2) is 0 Å². The minimum absolute atomic E-state index is 0.0637. The summed E-state index contributed by atoms with van der Waals surface area (Å²) in [5.74, 6) is -0.253. The molecule has 2 aliphatic rings. The molecule has 0 aromatic heterocycles. The van der Waals surface area contributed by atoms with Crippen molar-refractivity contribution in [2.75, 3.05) is 11.9 Å². The molecule has 1 saturated carbocycles. The molecule has 0 unspecified atom stereocenters. The molecule has 2 amide bonds. The number of anilines is 1. The van der Waals surface area contributed by atoms with Gasteiger partial charge in [-0.3, -0.25) is 14.5 Å². The lowest BCUT2D eigenvalue weighted by Gasteiger charge is -2.47. The molecule has 0 radical (unpaired) electrons. The molecule has 1 aliphatic carbocycles. The van der Waals surface area contributed by atoms with E-state index in [1.165, 1.54) is 0 Å². The second kappa shape index (κ2) is 8.02. The number of fused-ring (bicyclic) bond motifs is 1. The summed E-state index contributed by atoms with van der Waals surface area (Å²) < 4.78 is 0. The molecule has 0 bridgehead atoms. The first-order valence-corrected chi connectivity index (χ1v) is 9.18. The molecular weight excluding hydrogens is 338 g/mol. The zero-order valence-electron chi connectivity index (χ0n) is 14.2. The van der Waals surface area contributed by atoms with E-state index in [9.17, 15) is 9.59 Å². The van der Waals surface area contributed by atoms with Crippen LogP contribution in [0.4, 0.5) is 5.69 Å². The highest BCUT2D eigenvalue weighted by Crippen LogP contribution is 2.29. The maximum atomic E-state index is 12.6. The van der Waals surface area contributed by atoms with Crippen molar-refractivity contribution in [3.8, 4) is 0 Å². The monoisotopic (exact) mass is 361 g/mol. The molecule has 2 fully saturated rings. The number of hydrogen-bond acceptors (Lipinski definition) is 3. The molecular formula is C19H24ClN3O2. The minimum atomic E-state index is -0.462. The van der Waals surface area contributed by atoms with Gasteiger partial charge >= 0.3 is 0 Å². The van der Waals surface area contributed by atoms with Crippen LogP contribution in [0.5, 0.6) is 0 Å². The normalized spacial score (nSPS) is 26.4. The summed E-state index contributed by atoms with van der Waals surface area (Å²) >= 11 is 5.95. The summed E-state index contributed by atoms with van der Waals surface area (Å²) in [5.41, 5.74) is 0.638. The van der Waals surface area contributed by atoms with Crippen LogP contribution in [0.25, 0.3) is 0 Å². The molecule has 0 spiro atoms. The highest BCUT2D eigenvalue weighted by atomic mass is 35.5. The van der Waals surface area contributed by atoms with E-state index in [1.54, 1.807) is 24.3 Å². The van der Waals surface area contributed by atoms with Crippen molar-refractivity contribution in [2.45, 2.75) is 50.2 Å². The lowest BCUT2D eigenvalue weighted by atomic mass is 9.85. The molecule has 1 aromatic rings. The molecule has 1 aromatic carbocycles. The van der Waals surface area contributed by atoms with Gasteiger partial charge in [0.1, 0.15) is 0 Å². The highest BCUT2D eigenvalue weighted by Gasteiger charge is 2.42. The third kappa shape index (κ3) is 4.22. The molecule has 1 aliphatic heterocycles. The van der Waals surface area contributed by atoms with Gasteiger partial charge in [0, 0.05) is 29.3 Å². The van der Waals surface area contributed by atoms with Crippen LogP contribution in [-0.4, -0.2) is 41.4 Å². The van der Waals surface area contributed by atoms with Gasteiger partial charge in [-0.05, 0) is 31.0 Å². The first-order valence-electron chi connectivity index (χ1n) is 8.81. The molecule has 2 N–H and O–H groups in total. The van der Waals surface area contributed by atoms with E-state index in [2.05, 4.69) is 22.1 Å². The quantitative estimate of drug-likeness (QED) is 0.792. The topological polar surface area (TPSA) is 61.4 Å². The van der Waals surface area contributed by atoms with E-state index in [0.717, 1.165) is 25.7 Å². The molecule has 1 saturated heterocycles. The second-order valence-corrected chi connectivity index (χ2v) is 7.17. The SMILES string of the molecule is C=CCN1[C@H](CC(=O)Nc2cccc(Cl)c2)C(=O)N[C@H]2CCCC[C@H]21. The predicted octanol–water partition coefficient (Wildman–Crippen LogP) is 2.97. The molecule has 1 heterocycles. The smallest absolute Gasteiger partial charge is 0.238 e. The third-order valence-corrected chi connectivity index (χ3v) is 5.25. The lowest BCUT2D eigenvalue weighted by Crippen LogP contribution is -2.66. The van der Waals surface area contributed by atoms with Gasteiger partial charge in [-0.2, -0.15) is 0 Å². The van der Waals surface area contributed by atoms with Crippen LogP contribution in [0.2, 0.25) is 5.02 Å². The van der Waals surface area contributed by atoms with Gasteiger partial charge < -0.3 is 10.6 Å². The van der Waals surface area contributed by atoms with Crippen molar-refractivity contribution in [1.82, 2.24) is 10.2 Å². The number of benzene rings is 1. The van der Waals surface area contributed by atoms with Crippen molar-refractivity contribution >= 4 is 29.1 Å². The largest absolute Gasteiger partial charge is 0.350 e. The maximum absolute atomic E-state index is 12.6. The van der Waals surface area contributed by atoms with E-state index in [4.69, 9.17) is 11.6 Å². The van der Waals surface area contributed by atoms with Crippen LogP contribution < -0.4 is 10.6 Å².